The van der Waals surface area contributed by atoms with Gasteiger partial charge in [0.05, 0.1) is 12.8 Å². The number of hydrogen-bond acceptors (Lipinski definition) is 5. The molecule has 0 saturated carbocycles. The topological polar surface area (TPSA) is 52.1 Å². The summed E-state index contributed by atoms with van der Waals surface area (Å²) in [7, 11) is 1.36. The Labute approximate surface area is 84.6 Å². The first-order valence-electron chi connectivity index (χ1n) is 4.02. The normalized spacial score (nSPS) is 10.4. The summed E-state index contributed by atoms with van der Waals surface area (Å²) in [5, 5.41) is 0. The van der Waals surface area contributed by atoms with Gasteiger partial charge in [-0.1, -0.05) is 0 Å². The third kappa shape index (κ3) is 1.46. The van der Waals surface area contributed by atoms with Crippen molar-refractivity contribution in [3.05, 3.63) is 22.8 Å². The molecule has 2 heterocycles. The number of esters is 1. The Morgan fingerprint density at radius 3 is 3.07 bits per heavy atom. The Bertz CT molecular complexity index is 493. The molecule has 0 radical (unpaired) electrons. The Morgan fingerprint density at radius 2 is 2.36 bits per heavy atom. The van der Waals surface area contributed by atoms with Crippen LogP contribution in [0.25, 0.3) is 10.3 Å². The molecule has 0 unspecified atom stereocenters. The van der Waals surface area contributed by atoms with Crippen LogP contribution in [0.5, 0.6) is 0 Å². The summed E-state index contributed by atoms with van der Waals surface area (Å²) in [4.78, 5) is 20.9. The van der Waals surface area contributed by atoms with Crippen LogP contribution in [-0.2, 0) is 4.74 Å². The number of methoxy groups -OCH3 is 1. The lowest BCUT2D eigenvalue weighted by atomic mass is 10.4. The molecule has 0 aromatic carbocycles. The first-order valence-corrected chi connectivity index (χ1v) is 4.84. The van der Waals surface area contributed by atoms with Crippen molar-refractivity contribution in [1.29, 1.82) is 0 Å². The van der Waals surface area contributed by atoms with Gasteiger partial charge in [-0.2, -0.15) is 0 Å². The zero-order chi connectivity index (χ0) is 10.1. The maximum atomic E-state index is 11.2. The summed E-state index contributed by atoms with van der Waals surface area (Å²) in [5.74, 6) is -0.340. The maximum Gasteiger partial charge on any atom is 0.348 e. The lowest BCUT2D eigenvalue weighted by Crippen LogP contribution is -1.96. The summed E-state index contributed by atoms with van der Waals surface area (Å²) >= 11 is 1.30. The van der Waals surface area contributed by atoms with Crippen LogP contribution < -0.4 is 0 Å². The first kappa shape index (κ1) is 9.08. The van der Waals surface area contributed by atoms with Crippen LogP contribution in [0.2, 0.25) is 0 Å². The molecule has 0 atom stereocenters. The maximum absolute atomic E-state index is 11.2. The molecule has 72 valence electrons. The van der Waals surface area contributed by atoms with Gasteiger partial charge in [-0.05, 0) is 13.0 Å². The van der Waals surface area contributed by atoms with Crippen molar-refractivity contribution in [3.8, 4) is 0 Å². The van der Waals surface area contributed by atoms with E-state index in [-0.39, 0.29) is 5.97 Å². The van der Waals surface area contributed by atoms with Crippen molar-refractivity contribution < 1.29 is 9.53 Å². The van der Waals surface area contributed by atoms with Gasteiger partial charge in [-0.3, -0.25) is 4.98 Å². The van der Waals surface area contributed by atoms with E-state index < -0.39 is 0 Å². The SMILES string of the molecule is COC(=O)c1cc2ncc(C)nc2s1. The molecule has 0 aliphatic heterocycles. The molecule has 0 amide bonds. The number of ether oxygens (including phenoxy) is 1. The second-order valence-corrected chi connectivity index (χ2v) is 3.83. The van der Waals surface area contributed by atoms with E-state index in [1.165, 1.54) is 18.4 Å². The highest BCUT2D eigenvalue weighted by Crippen LogP contribution is 2.22. The minimum atomic E-state index is -0.340. The number of hydrogen-bond donors (Lipinski definition) is 0. The minimum Gasteiger partial charge on any atom is -0.465 e. The van der Waals surface area contributed by atoms with E-state index in [0.29, 0.717) is 4.88 Å². The van der Waals surface area contributed by atoms with E-state index in [4.69, 9.17) is 0 Å². The van der Waals surface area contributed by atoms with Crippen molar-refractivity contribution in [3.63, 3.8) is 0 Å². The Hall–Kier alpha value is -1.49. The molecule has 0 bridgehead atoms. The fraction of sp³-hybridized carbons (Fsp3) is 0.222. The standard InChI is InChI=1S/C9H8N2O2S/c1-5-4-10-6-3-7(9(12)13-2)14-8(6)11-5/h3-4H,1-2H3. The van der Waals surface area contributed by atoms with E-state index in [0.717, 1.165) is 16.0 Å². The summed E-state index contributed by atoms with van der Waals surface area (Å²) in [5.41, 5.74) is 1.58. The first-order chi connectivity index (χ1) is 6.70. The summed E-state index contributed by atoms with van der Waals surface area (Å²) in [6.45, 7) is 1.87. The van der Waals surface area contributed by atoms with E-state index in [2.05, 4.69) is 14.7 Å². The number of carbonyl (C=O) groups is 1. The average Bonchev–Trinajstić information content (AvgIpc) is 2.59. The van der Waals surface area contributed by atoms with Gasteiger partial charge in [0.25, 0.3) is 0 Å². The highest BCUT2D eigenvalue weighted by atomic mass is 32.1. The van der Waals surface area contributed by atoms with Gasteiger partial charge in [0.1, 0.15) is 15.2 Å². The number of thiophene rings is 1. The number of fused-ring (bicyclic) bond motifs is 1. The second-order valence-electron chi connectivity index (χ2n) is 2.80. The van der Waals surface area contributed by atoms with Gasteiger partial charge in [0, 0.05) is 6.20 Å². The smallest absolute Gasteiger partial charge is 0.348 e. The third-order valence-corrected chi connectivity index (χ3v) is 2.75. The van der Waals surface area contributed by atoms with Crippen LogP contribution in [-0.4, -0.2) is 23.0 Å². The molecule has 5 heteroatoms. The Balaban J connectivity index is 2.56. The molecule has 4 nitrogen and oxygen atoms in total. The Morgan fingerprint density at radius 1 is 1.57 bits per heavy atom. The minimum absolute atomic E-state index is 0.340. The van der Waals surface area contributed by atoms with Gasteiger partial charge in [-0.25, -0.2) is 9.78 Å². The van der Waals surface area contributed by atoms with Crippen LogP contribution in [0.4, 0.5) is 0 Å². The molecule has 0 saturated heterocycles. The molecule has 14 heavy (non-hydrogen) atoms. The van der Waals surface area contributed by atoms with Gasteiger partial charge in [0.15, 0.2) is 0 Å². The zero-order valence-corrected chi connectivity index (χ0v) is 8.59. The number of aryl methyl sites for hydroxylation is 1. The quantitative estimate of drug-likeness (QED) is 0.670. The fourth-order valence-electron chi connectivity index (χ4n) is 1.10. The van der Waals surface area contributed by atoms with Crippen LogP contribution in [0, 0.1) is 6.92 Å². The van der Waals surface area contributed by atoms with Crippen LogP contribution in [0.15, 0.2) is 12.3 Å². The van der Waals surface area contributed by atoms with Crippen molar-refractivity contribution in [1.82, 2.24) is 9.97 Å². The van der Waals surface area contributed by atoms with Gasteiger partial charge < -0.3 is 4.74 Å². The molecule has 0 aliphatic carbocycles. The van der Waals surface area contributed by atoms with Gasteiger partial charge in [0.2, 0.25) is 0 Å². The Kier molecular flexibility index (Phi) is 2.17. The molecular weight excluding hydrogens is 200 g/mol. The predicted molar refractivity (Wildman–Crippen MR) is 53.5 cm³/mol. The summed E-state index contributed by atoms with van der Waals surface area (Å²) < 4.78 is 4.61. The predicted octanol–water partition coefficient (Wildman–Crippen LogP) is 1.79. The van der Waals surface area contributed by atoms with E-state index >= 15 is 0 Å². The average molecular weight is 208 g/mol. The van der Waals surface area contributed by atoms with Crippen molar-refractivity contribution >= 4 is 27.7 Å². The summed E-state index contributed by atoms with van der Waals surface area (Å²) in [6, 6.07) is 1.69. The molecular formula is C9H8N2O2S. The van der Waals surface area contributed by atoms with Crippen LogP contribution >= 0.6 is 11.3 Å². The van der Waals surface area contributed by atoms with Gasteiger partial charge in [-0.15, -0.1) is 11.3 Å². The molecule has 0 spiro atoms. The zero-order valence-electron chi connectivity index (χ0n) is 7.77. The largest absolute Gasteiger partial charge is 0.465 e. The summed E-state index contributed by atoms with van der Waals surface area (Å²) in [6.07, 6.45) is 1.68. The van der Waals surface area contributed by atoms with Gasteiger partial charge >= 0.3 is 5.97 Å². The van der Waals surface area contributed by atoms with E-state index in [1.54, 1.807) is 12.3 Å². The fourth-order valence-corrected chi connectivity index (χ4v) is 2.05. The van der Waals surface area contributed by atoms with Crippen molar-refractivity contribution in [2.24, 2.45) is 0 Å². The number of carbonyl (C=O) groups excluding carboxylic acids is 1. The van der Waals surface area contributed by atoms with Crippen LogP contribution in [0.1, 0.15) is 15.4 Å². The number of nitrogens with zero attached hydrogens (tertiary/aromatic N) is 2. The van der Waals surface area contributed by atoms with E-state index in [1.807, 2.05) is 6.92 Å². The monoisotopic (exact) mass is 208 g/mol. The van der Waals surface area contributed by atoms with Crippen molar-refractivity contribution in [2.45, 2.75) is 6.92 Å². The molecule has 2 aromatic heterocycles. The second kappa shape index (κ2) is 3.34. The molecule has 2 rings (SSSR count). The van der Waals surface area contributed by atoms with E-state index in [9.17, 15) is 4.79 Å². The lowest BCUT2D eigenvalue weighted by molar-refractivity contribution is 0.0606. The highest BCUT2D eigenvalue weighted by molar-refractivity contribution is 7.20. The number of rotatable bonds is 1. The molecule has 0 aliphatic rings. The lowest BCUT2D eigenvalue weighted by Gasteiger charge is -1.90. The molecule has 2 aromatic rings. The van der Waals surface area contributed by atoms with Crippen LogP contribution in [0.3, 0.4) is 0 Å². The molecule has 0 N–H and O–H groups in total. The molecule has 0 fully saturated rings. The number of aromatic nitrogens is 2. The van der Waals surface area contributed by atoms with Crippen molar-refractivity contribution in [2.75, 3.05) is 7.11 Å². The highest BCUT2D eigenvalue weighted by Gasteiger charge is 2.11. The third-order valence-electron chi connectivity index (χ3n) is 1.75.